The summed E-state index contributed by atoms with van der Waals surface area (Å²) in [6, 6.07) is 15.3. The van der Waals surface area contributed by atoms with Crippen LogP contribution in [0.1, 0.15) is 0 Å². The van der Waals surface area contributed by atoms with E-state index in [1.807, 2.05) is 54.7 Å². The molecule has 0 aliphatic rings. The number of nitrogens with zero attached hydrogens (tertiary/aromatic N) is 5. The first-order valence-corrected chi connectivity index (χ1v) is 6.76. The van der Waals surface area contributed by atoms with Crippen molar-refractivity contribution in [2.24, 2.45) is 0 Å². The maximum atomic E-state index is 5.30. The lowest BCUT2D eigenvalue weighted by Crippen LogP contribution is -1.97. The predicted octanol–water partition coefficient (Wildman–Crippen LogP) is 2.98. The Kier molecular flexibility index (Phi) is 2.97. The molecule has 0 aliphatic heterocycles. The van der Waals surface area contributed by atoms with E-state index >= 15 is 0 Å². The molecule has 0 N–H and O–H groups in total. The second-order valence-electron chi connectivity index (χ2n) is 4.64. The normalized spacial score (nSPS) is 10.7. The Labute approximate surface area is 126 Å². The Morgan fingerprint density at radius 3 is 2.55 bits per heavy atom. The van der Waals surface area contributed by atoms with E-state index in [1.54, 1.807) is 17.1 Å². The van der Waals surface area contributed by atoms with Crippen molar-refractivity contribution in [2.75, 3.05) is 0 Å². The molecule has 0 atom stereocenters. The van der Waals surface area contributed by atoms with E-state index in [2.05, 4.69) is 20.2 Å². The number of benzene rings is 1. The fraction of sp³-hybridized carbons (Fsp3) is 0. The molecule has 3 aromatic heterocycles. The highest BCUT2D eigenvalue weighted by Gasteiger charge is 2.10. The van der Waals surface area contributed by atoms with Crippen molar-refractivity contribution in [3.8, 4) is 28.7 Å². The first-order chi connectivity index (χ1) is 10.9. The van der Waals surface area contributed by atoms with Gasteiger partial charge in [0, 0.05) is 29.7 Å². The van der Waals surface area contributed by atoms with Crippen LogP contribution in [-0.2, 0) is 0 Å². The first-order valence-electron chi connectivity index (χ1n) is 6.76. The van der Waals surface area contributed by atoms with Gasteiger partial charge in [-0.2, -0.15) is 10.1 Å². The molecule has 0 amide bonds. The monoisotopic (exact) mass is 289 g/mol. The van der Waals surface area contributed by atoms with Gasteiger partial charge in [0.1, 0.15) is 0 Å². The van der Waals surface area contributed by atoms with E-state index in [4.69, 9.17) is 4.52 Å². The topological polar surface area (TPSA) is 69.6 Å². The minimum absolute atomic E-state index is 0.492. The van der Waals surface area contributed by atoms with Gasteiger partial charge in [-0.3, -0.25) is 0 Å². The van der Waals surface area contributed by atoms with Gasteiger partial charge in [-0.15, -0.1) is 0 Å². The minimum Gasteiger partial charge on any atom is -0.334 e. The molecule has 0 bridgehead atoms. The molecule has 0 radical (unpaired) electrons. The second kappa shape index (κ2) is 5.25. The van der Waals surface area contributed by atoms with Gasteiger partial charge < -0.3 is 4.52 Å². The molecule has 6 heteroatoms. The average molecular weight is 289 g/mol. The number of hydrogen-bond acceptors (Lipinski definition) is 5. The van der Waals surface area contributed by atoms with Crippen LogP contribution in [0.5, 0.6) is 0 Å². The van der Waals surface area contributed by atoms with Gasteiger partial charge in [0.25, 0.3) is 5.89 Å². The van der Waals surface area contributed by atoms with Gasteiger partial charge >= 0.3 is 0 Å². The van der Waals surface area contributed by atoms with Crippen LogP contribution in [0.15, 0.2) is 71.6 Å². The summed E-state index contributed by atoms with van der Waals surface area (Å²) in [5, 5.41) is 8.14. The zero-order valence-corrected chi connectivity index (χ0v) is 11.5. The standard InChI is InChI=1S/C16H11N5O/c1-2-5-12(6-3-1)16-19-15(20-22-16)13-7-8-14(17-11-13)21-10-4-9-18-21/h1-11H. The SMILES string of the molecule is c1ccc(-c2nc(-c3ccc(-n4cccn4)nc3)no2)cc1. The number of rotatable bonds is 3. The zero-order valence-electron chi connectivity index (χ0n) is 11.5. The first kappa shape index (κ1) is 12.5. The van der Waals surface area contributed by atoms with Crippen LogP contribution in [0.4, 0.5) is 0 Å². The van der Waals surface area contributed by atoms with Crippen molar-refractivity contribution in [1.29, 1.82) is 0 Å². The zero-order chi connectivity index (χ0) is 14.8. The summed E-state index contributed by atoms with van der Waals surface area (Å²) in [4.78, 5) is 8.76. The molecule has 0 saturated carbocycles. The Balaban J connectivity index is 1.64. The molecular weight excluding hydrogens is 278 g/mol. The molecule has 106 valence electrons. The van der Waals surface area contributed by atoms with Crippen molar-refractivity contribution < 1.29 is 4.52 Å². The highest BCUT2D eigenvalue weighted by Crippen LogP contribution is 2.21. The lowest BCUT2D eigenvalue weighted by Gasteiger charge is -2.00. The fourth-order valence-electron chi connectivity index (χ4n) is 2.10. The summed E-state index contributed by atoms with van der Waals surface area (Å²) in [6.07, 6.45) is 5.25. The van der Waals surface area contributed by atoms with Crippen molar-refractivity contribution in [3.05, 3.63) is 67.1 Å². The maximum Gasteiger partial charge on any atom is 0.258 e. The van der Waals surface area contributed by atoms with Gasteiger partial charge in [-0.25, -0.2) is 9.67 Å². The third-order valence-electron chi connectivity index (χ3n) is 3.19. The quantitative estimate of drug-likeness (QED) is 0.580. The lowest BCUT2D eigenvalue weighted by atomic mass is 10.2. The largest absolute Gasteiger partial charge is 0.334 e. The molecule has 0 saturated heterocycles. The van der Waals surface area contributed by atoms with Crippen molar-refractivity contribution in [2.45, 2.75) is 0 Å². The highest BCUT2D eigenvalue weighted by atomic mass is 16.5. The van der Waals surface area contributed by atoms with Crippen LogP contribution in [0.25, 0.3) is 28.7 Å². The third kappa shape index (κ3) is 2.26. The van der Waals surface area contributed by atoms with Crippen molar-refractivity contribution in [3.63, 3.8) is 0 Å². The van der Waals surface area contributed by atoms with E-state index in [-0.39, 0.29) is 0 Å². The van der Waals surface area contributed by atoms with E-state index in [9.17, 15) is 0 Å². The summed E-state index contributed by atoms with van der Waals surface area (Å²) in [5.41, 5.74) is 1.68. The fourth-order valence-corrected chi connectivity index (χ4v) is 2.10. The van der Waals surface area contributed by atoms with Gasteiger partial charge in [0.05, 0.1) is 0 Å². The Morgan fingerprint density at radius 1 is 0.909 bits per heavy atom. The van der Waals surface area contributed by atoms with Crippen molar-refractivity contribution in [1.82, 2.24) is 24.9 Å². The molecule has 4 aromatic rings. The van der Waals surface area contributed by atoms with E-state index in [0.717, 1.165) is 16.9 Å². The highest BCUT2D eigenvalue weighted by molar-refractivity contribution is 5.59. The predicted molar refractivity (Wildman–Crippen MR) is 80.1 cm³/mol. The van der Waals surface area contributed by atoms with Crippen LogP contribution < -0.4 is 0 Å². The summed E-state index contributed by atoms with van der Waals surface area (Å²) < 4.78 is 6.99. The number of aromatic nitrogens is 5. The number of pyridine rings is 1. The Hall–Kier alpha value is -3.28. The Bertz CT molecular complexity index is 867. The lowest BCUT2D eigenvalue weighted by molar-refractivity contribution is 0.432. The van der Waals surface area contributed by atoms with Gasteiger partial charge in [0.15, 0.2) is 5.82 Å². The molecule has 0 spiro atoms. The molecule has 22 heavy (non-hydrogen) atoms. The van der Waals surface area contributed by atoms with E-state index in [0.29, 0.717) is 11.7 Å². The third-order valence-corrected chi connectivity index (χ3v) is 3.19. The van der Waals surface area contributed by atoms with E-state index in [1.165, 1.54) is 0 Å². The smallest absolute Gasteiger partial charge is 0.258 e. The molecular formula is C16H11N5O. The maximum absolute atomic E-state index is 5.30. The van der Waals surface area contributed by atoms with Gasteiger partial charge in [-0.1, -0.05) is 23.4 Å². The van der Waals surface area contributed by atoms with Gasteiger partial charge in [0.2, 0.25) is 5.82 Å². The molecule has 0 fully saturated rings. The molecule has 3 heterocycles. The summed E-state index contributed by atoms with van der Waals surface area (Å²) in [6.45, 7) is 0. The van der Waals surface area contributed by atoms with Crippen LogP contribution in [0.3, 0.4) is 0 Å². The molecule has 1 aromatic carbocycles. The Morgan fingerprint density at radius 2 is 1.82 bits per heavy atom. The summed E-state index contributed by atoms with van der Waals surface area (Å²) in [5.74, 6) is 1.74. The van der Waals surface area contributed by atoms with E-state index < -0.39 is 0 Å². The summed E-state index contributed by atoms with van der Waals surface area (Å²) >= 11 is 0. The van der Waals surface area contributed by atoms with Crippen LogP contribution in [0.2, 0.25) is 0 Å². The van der Waals surface area contributed by atoms with Crippen LogP contribution in [-0.4, -0.2) is 24.9 Å². The number of hydrogen-bond donors (Lipinski definition) is 0. The molecule has 0 unspecified atom stereocenters. The second-order valence-corrected chi connectivity index (χ2v) is 4.64. The minimum atomic E-state index is 0.492. The molecule has 4 rings (SSSR count). The molecule has 0 aliphatic carbocycles. The average Bonchev–Trinajstić information content (AvgIpc) is 3.28. The molecule has 6 nitrogen and oxygen atoms in total. The summed E-state index contributed by atoms with van der Waals surface area (Å²) in [7, 11) is 0. The van der Waals surface area contributed by atoms with Crippen LogP contribution in [0, 0.1) is 0 Å². The van der Waals surface area contributed by atoms with Gasteiger partial charge in [-0.05, 0) is 30.3 Å². The van der Waals surface area contributed by atoms with Crippen molar-refractivity contribution >= 4 is 0 Å². The van der Waals surface area contributed by atoms with Crippen LogP contribution >= 0.6 is 0 Å².